The van der Waals surface area contributed by atoms with Crippen molar-refractivity contribution in [3.05, 3.63) is 107 Å². The van der Waals surface area contributed by atoms with Crippen molar-refractivity contribution in [2.24, 2.45) is 5.41 Å². The van der Waals surface area contributed by atoms with Gasteiger partial charge in [-0.05, 0) is 42.2 Å². The number of alkyl halides is 6. The van der Waals surface area contributed by atoms with Crippen LogP contribution in [0, 0.1) is 5.41 Å². The Morgan fingerprint density at radius 3 is 1.69 bits per heavy atom. The topological polar surface area (TPSA) is 86.8 Å². The van der Waals surface area contributed by atoms with Gasteiger partial charge >= 0.3 is 12.4 Å². The highest BCUT2D eigenvalue weighted by molar-refractivity contribution is 6.10. The fraction of sp³-hybridized carbons (Fsp3) is 0.463. The SMILES string of the molecule is C.CC.CCC.O=C1CCN(Cc2ccccc2)CC1.O=C1NC(=O)C2(CCN(C(=O)c3cc(C(F)(F)F)cc(C(F)(F)F)c3)CC2)C1c1ccccc1. The first-order valence-corrected chi connectivity index (χ1v) is 17.9. The van der Waals surface area contributed by atoms with Crippen LogP contribution >= 0.6 is 0 Å². The van der Waals surface area contributed by atoms with Gasteiger partial charge in [-0.3, -0.25) is 29.4 Å². The summed E-state index contributed by atoms with van der Waals surface area (Å²) in [5, 5.41) is 2.32. The molecule has 3 amide bonds. The Bertz CT molecular complexity index is 1630. The van der Waals surface area contributed by atoms with E-state index in [0.717, 1.165) is 37.4 Å². The predicted octanol–water partition coefficient (Wildman–Crippen LogP) is 9.32. The van der Waals surface area contributed by atoms with Crippen molar-refractivity contribution in [2.75, 3.05) is 26.2 Å². The van der Waals surface area contributed by atoms with Gasteiger partial charge in [0.05, 0.1) is 22.5 Å². The van der Waals surface area contributed by atoms with Gasteiger partial charge in [0.1, 0.15) is 5.78 Å². The van der Waals surface area contributed by atoms with Crippen molar-refractivity contribution in [3.8, 4) is 0 Å². The number of hydrogen-bond donors (Lipinski definition) is 1. The predicted molar refractivity (Wildman–Crippen MR) is 196 cm³/mol. The number of carbonyl (C=O) groups is 4. The Labute approximate surface area is 314 Å². The molecule has 7 nitrogen and oxygen atoms in total. The second-order valence-corrected chi connectivity index (χ2v) is 12.9. The van der Waals surface area contributed by atoms with Gasteiger partial charge in [-0.2, -0.15) is 26.3 Å². The number of amides is 3. The van der Waals surface area contributed by atoms with E-state index < -0.39 is 58.1 Å². The molecule has 0 radical (unpaired) electrons. The molecule has 0 saturated carbocycles. The molecule has 1 spiro atoms. The highest BCUT2D eigenvalue weighted by atomic mass is 19.4. The first-order valence-electron chi connectivity index (χ1n) is 17.9. The number of hydrogen-bond acceptors (Lipinski definition) is 5. The van der Waals surface area contributed by atoms with Gasteiger partial charge < -0.3 is 4.90 Å². The first-order chi connectivity index (χ1) is 25.1. The molecular formula is C41H51F6N3O4. The lowest BCUT2D eigenvalue weighted by Crippen LogP contribution is -2.48. The summed E-state index contributed by atoms with van der Waals surface area (Å²) >= 11 is 0. The Morgan fingerprint density at radius 1 is 0.759 bits per heavy atom. The maximum atomic E-state index is 13.2. The average molecular weight is 764 g/mol. The molecule has 54 heavy (non-hydrogen) atoms. The van der Waals surface area contributed by atoms with Crippen LogP contribution in [0.4, 0.5) is 26.3 Å². The lowest BCUT2D eigenvalue weighted by molar-refractivity contribution is -0.143. The minimum atomic E-state index is -5.08. The van der Waals surface area contributed by atoms with Crippen LogP contribution in [0.1, 0.15) is 106 Å². The van der Waals surface area contributed by atoms with E-state index in [0.29, 0.717) is 23.5 Å². The lowest BCUT2D eigenvalue weighted by Gasteiger charge is -2.40. The van der Waals surface area contributed by atoms with E-state index in [4.69, 9.17) is 0 Å². The summed E-state index contributed by atoms with van der Waals surface area (Å²) < 4.78 is 78.9. The third-order valence-electron chi connectivity index (χ3n) is 9.08. The monoisotopic (exact) mass is 763 g/mol. The van der Waals surface area contributed by atoms with Crippen LogP contribution in [-0.2, 0) is 33.3 Å². The number of ketones is 1. The number of nitrogens with one attached hydrogen (secondary N) is 1. The summed E-state index contributed by atoms with van der Waals surface area (Å²) in [6.45, 7) is 10.9. The first kappa shape index (κ1) is 45.6. The smallest absolute Gasteiger partial charge is 0.339 e. The van der Waals surface area contributed by atoms with E-state index in [9.17, 15) is 45.5 Å². The molecule has 0 aromatic heterocycles. The number of likely N-dealkylation sites (tertiary alicyclic amines) is 2. The summed E-state index contributed by atoms with van der Waals surface area (Å²) in [7, 11) is 0. The van der Waals surface area contributed by atoms with Crippen LogP contribution in [0.2, 0.25) is 0 Å². The summed E-state index contributed by atoms with van der Waals surface area (Å²) in [6.07, 6.45) is -7.39. The highest BCUT2D eigenvalue weighted by Crippen LogP contribution is 2.48. The van der Waals surface area contributed by atoms with E-state index in [1.54, 1.807) is 30.3 Å². The minimum absolute atomic E-state index is 0. The van der Waals surface area contributed by atoms with Gasteiger partial charge in [-0.1, -0.05) is 102 Å². The third kappa shape index (κ3) is 11.7. The molecule has 1 atom stereocenters. The van der Waals surface area contributed by atoms with Gasteiger partial charge in [-0.15, -0.1) is 0 Å². The van der Waals surface area contributed by atoms with Gasteiger partial charge in [0.15, 0.2) is 0 Å². The molecule has 1 N–H and O–H groups in total. The Kier molecular flexibility index (Phi) is 17.1. The van der Waals surface area contributed by atoms with E-state index in [1.165, 1.54) is 12.0 Å². The molecule has 0 aliphatic carbocycles. The van der Waals surface area contributed by atoms with Gasteiger partial charge in [0.2, 0.25) is 11.8 Å². The van der Waals surface area contributed by atoms with Crippen molar-refractivity contribution in [2.45, 2.75) is 92.0 Å². The molecule has 3 aromatic carbocycles. The van der Waals surface area contributed by atoms with Crippen LogP contribution in [-0.4, -0.2) is 59.5 Å². The fourth-order valence-electron chi connectivity index (χ4n) is 6.49. The normalized spacial score (nSPS) is 18.1. The molecular weight excluding hydrogens is 712 g/mol. The van der Waals surface area contributed by atoms with Gasteiger partial charge in [-0.25, -0.2) is 0 Å². The van der Waals surface area contributed by atoms with Crippen LogP contribution in [0.25, 0.3) is 0 Å². The summed E-state index contributed by atoms with van der Waals surface area (Å²) in [5.41, 5.74) is -3.11. The maximum Gasteiger partial charge on any atom is 0.416 e. The molecule has 3 aliphatic rings. The molecule has 3 fully saturated rings. The molecule has 3 saturated heterocycles. The molecule has 296 valence electrons. The zero-order valence-corrected chi connectivity index (χ0v) is 30.4. The van der Waals surface area contributed by atoms with Crippen LogP contribution < -0.4 is 5.32 Å². The van der Waals surface area contributed by atoms with E-state index >= 15 is 0 Å². The quantitative estimate of drug-likeness (QED) is 0.212. The molecule has 3 heterocycles. The van der Waals surface area contributed by atoms with E-state index in [-0.39, 0.29) is 39.4 Å². The van der Waals surface area contributed by atoms with Gasteiger partial charge in [0, 0.05) is 51.1 Å². The summed E-state index contributed by atoms with van der Waals surface area (Å²) in [4.78, 5) is 52.6. The Hall–Kier alpha value is -4.52. The Morgan fingerprint density at radius 2 is 1.22 bits per heavy atom. The largest absolute Gasteiger partial charge is 0.416 e. The summed E-state index contributed by atoms with van der Waals surface area (Å²) in [5.74, 6) is -2.38. The number of nitrogens with zero attached hydrogens (tertiary/aromatic N) is 2. The molecule has 3 aromatic rings. The zero-order valence-electron chi connectivity index (χ0n) is 30.4. The van der Waals surface area contributed by atoms with E-state index in [2.05, 4.69) is 48.3 Å². The van der Waals surface area contributed by atoms with Crippen molar-refractivity contribution < 1.29 is 45.5 Å². The third-order valence-corrected chi connectivity index (χ3v) is 9.08. The van der Waals surface area contributed by atoms with Gasteiger partial charge in [0.25, 0.3) is 5.91 Å². The molecule has 0 bridgehead atoms. The Balaban J connectivity index is 0.000000419. The van der Waals surface area contributed by atoms with Crippen molar-refractivity contribution in [1.29, 1.82) is 0 Å². The zero-order chi connectivity index (χ0) is 39.4. The number of rotatable bonds is 4. The van der Waals surface area contributed by atoms with Crippen molar-refractivity contribution in [1.82, 2.24) is 15.1 Å². The number of benzene rings is 3. The molecule has 6 rings (SSSR count). The molecule has 3 aliphatic heterocycles. The van der Waals surface area contributed by atoms with Crippen molar-refractivity contribution >= 4 is 23.5 Å². The number of carbonyl (C=O) groups excluding carboxylic acids is 4. The number of piperidine rings is 2. The summed E-state index contributed by atoms with van der Waals surface area (Å²) in [6, 6.07) is 19.7. The van der Waals surface area contributed by atoms with Crippen LogP contribution in [0.5, 0.6) is 0 Å². The minimum Gasteiger partial charge on any atom is -0.339 e. The number of imide groups is 1. The average Bonchev–Trinajstić information content (AvgIpc) is 3.38. The maximum absolute atomic E-state index is 13.2. The highest BCUT2D eigenvalue weighted by Gasteiger charge is 2.57. The van der Waals surface area contributed by atoms with Crippen LogP contribution in [0.3, 0.4) is 0 Å². The molecule has 1 unspecified atom stereocenters. The lowest BCUT2D eigenvalue weighted by atomic mass is 9.67. The molecule has 13 heteroatoms. The second-order valence-electron chi connectivity index (χ2n) is 12.9. The van der Waals surface area contributed by atoms with Crippen molar-refractivity contribution in [3.63, 3.8) is 0 Å². The van der Waals surface area contributed by atoms with Crippen LogP contribution in [0.15, 0.2) is 78.9 Å². The van der Waals surface area contributed by atoms with E-state index in [1.807, 2.05) is 19.9 Å². The fourth-order valence-corrected chi connectivity index (χ4v) is 6.49. The number of Topliss-reactive ketones (excluding diaryl/α,β-unsaturated/α-hetero) is 1. The number of halogens is 6. The standard InChI is InChI=1S/C23H18F6N2O3.C12H15NO.C3H8.C2H6.CH4/c24-22(25,26)15-10-14(11-16(12-15)23(27,28)29)19(33)31-8-6-21(7-9-31)17(18(32)30-20(21)34)13-4-2-1-3-5-13;14-12-6-8-13(9-7-12)10-11-4-2-1-3-5-11;1-3-2;1-2;/h1-5,10-12,17H,6-9H2,(H,30,32,34);1-5H,6-10H2;3H2,1-2H3;1-2H3;1H4. The second kappa shape index (κ2) is 20.2.